The van der Waals surface area contributed by atoms with Crippen LogP contribution in [-0.2, 0) is 14.0 Å². The van der Waals surface area contributed by atoms with Crippen LogP contribution in [0, 0.1) is 17.8 Å². The minimum absolute atomic E-state index is 0.0349. The first-order valence-electron chi connectivity index (χ1n) is 10.2. The van der Waals surface area contributed by atoms with Crippen molar-refractivity contribution in [1.82, 2.24) is 10.6 Å². The zero-order chi connectivity index (χ0) is 23.8. The van der Waals surface area contributed by atoms with Crippen LogP contribution in [0.4, 0.5) is 0 Å². The molecule has 2 atom stereocenters. The van der Waals surface area contributed by atoms with Crippen molar-refractivity contribution in [3.8, 4) is 12.3 Å². The van der Waals surface area contributed by atoms with Gasteiger partial charge in [0.1, 0.15) is 6.04 Å². The summed E-state index contributed by atoms with van der Waals surface area (Å²) in [5, 5.41) is 6.14. The van der Waals surface area contributed by atoms with Gasteiger partial charge in [0.05, 0.1) is 6.10 Å². The molecule has 0 saturated carbocycles. The molecule has 0 spiro atoms. The van der Waals surface area contributed by atoms with Crippen LogP contribution < -0.4 is 10.6 Å². The maximum absolute atomic E-state index is 12.6. The molecule has 0 aliphatic carbocycles. The third-order valence-corrected chi connectivity index (χ3v) is 9.90. The number of halogens is 1. The van der Waals surface area contributed by atoms with Crippen LogP contribution in [0.2, 0.25) is 18.1 Å². The predicted molar refractivity (Wildman–Crippen MR) is 128 cm³/mol. The molecule has 0 aliphatic heterocycles. The van der Waals surface area contributed by atoms with Gasteiger partial charge < -0.3 is 15.1 Å². The molecule has 0 rings (SSSR count). The van der Waals surface area contributed by atoms with Gasteiger partial charge in [0.2, 0.25) is 5.91 Å². The lowest BCUT2D eigenvalue weighted by atomic mass is 9.86. The van der Waals surface area contributed by atoms with E-state index in [2.05, 4.69) is 44.5 Å². The molecule has 0 aliphatic rings. The van der Waals surface area contributed by atoms with E-state index in [0.717, 1.165) is 5.03 Å². The quantitative estimate of drug-likeness (QED) is 0.376. The van der Waals surface area contributed by atoms with Crippen molar-refractivity contribution in [3.63, 3.8) is 0 Å². The maximum atomic E-state index is 12.6. The van der Waals surface area contributed by atoms with Crippen LogP contribution in [-0.4, -0.2) is 32.3 Å². The molecule has 7 heteroatoms. The largest absolute Gasteiger partial charge is 0.413 e. The van der Waals surface area contributed by atoms with Crippen LogP contribution in [0.5, 0.6) is 0 Å². The van der Waals surface area contributed by atoms with Gasteiger partial charge in [-0.15, -0.1) is 6.42 Å². The second-order valence-corrected chi connectivity index (χ2v) is 15.4. The average molecular weight is 455 g/mol. The highest BCUT2D eigenvalue weighted by Crippen LogP contribution is 2.38. The summed E-state index contributed by atoms with van der Waals surface area (Å²) in [6.07, 6.45) is 11.8. The van der Waals surface area contributed by atoms with Crippen LogP contribution in [0.25, 0.3) is 0 Å². The van der Waals surface area contributed by atoms with Crippen molar-refractivity contribution in [2.45, 2.75) is 91.6 Å². The van der Waals surface area contributed by atoms with Crippen LogP contribution in [0.15, 0.2) is 23.4 Å². The summed E-state index contributed by atoms with van der Waals surface area (Å²) in [5.41, 5.74) is -0.485. The molecule has 30 heavy (non-hydrogen) atoms. The SMILES string of the molecule is C#CC(=O)N[C@H](C(=O)N/C=C\C[C@H](C/C=C(\C)Cl)O[Si](C)(C)C(C)(C)C)C(C)(C)C. The van der Waals surface area contributed by atoms with Gasteiger partial charge in [-0.1, -0.05) is 65.3 Å². The van der Waals surface area contributed by atoms with Gasteiger partial charge in [-0.25, -0.2) is 0 Å². The molecule has 0 aromatic heterocycles. The monoisotopic (exact) mass is 454 g/mol. The van der Waals surface area contributed by atoms with Crippen molar-refractivity contribution >= 4 is 31.7 Å². The van der Waals surface area contributed by atoms with E-state index in [0.29, 0.717) is 12.8 Å². The number of rotatable bonds is 9. The molecule has 0 unspecified atom stereocenters. The molecular formula is C23H39ClN2O3Si. The Bertz CT molecular complexity index is 691. The Morgan fingerprint density at radius 3 is 2.17 bits per heavy atom. The highest BCUT2D eigenvalue weighted by molar-refractivity contribution is 6.74. The molecule has 0 saturated heterocycles. The van der Waals surface area contributed by atoms with E-state index in [1.165, 1.54) is 0 Å². The highest BCUT2D eigenvalue weighted by Gasteiger charge is 2.38. The van der Waals surface area contributed by atoms with Gasteiger partial charge in [-0.05, 0) is 55.4 Å². The first-order valence-corrected chi connectivity index (χ1v) is 13.5. The Hall–Kier alpha value is -1.55. The molecule has 0 radical (unpaired) electrons. The van der Waals surface area contributed by atoms with Crippen molar-refractivity contribution in [2.24, 2.45) is 5.41 Å². The van der Waals surface area contributed by atoms with Crippen molar-refractivity contribution < 1.29 is 14.0 Å². The van der Waals surface area contributed by atoms with Crippen molar-refractivity contribution in [1.29, 1.82) is 0 Å². The Morgan fingerprint density at radius 2 is 1.73 bits per heavy atom. The number of hydrogen-bond acceptors (Lipinski definition) is 3. The van der Waals surface area contributed by atoms with Crippen molar-refractivity contribution in [3.05, 3.63) is 23.4 Å². The first kappa shape index (κ1) is 28.4. The molecule has 5 nitrogen and oxygen atoms in total. The minimum atomic E-state index is -1.95. The number of terminal acetylenes is 1. The maximum Gasteiger partial charge on any atom is 0.296 e. The minimum Gasteiger partial charge on any atom is -0.413 e. The lowest BCUT2D eigenvalue weighted by Crippen LogP contribution is -2.52. The fourth-order valence-electron chi connectivity index (χ4n) is 2.37. The third kappa shape index (κ3) is 10.5. The number of amides is 2. The molecule has 0 aromatic rings. The molecule has 0 bridgehead atoms. The second kappa shape index (κ2) is 11.7. The smallest absolute Gasteiger partial charge is 0.296 e. The number of carbonyl (C=O) groups excluding carboxylic acids is 2. The average Bonchev–Trinajstić information content (AvgIpc) is 2.58. The Labute approximate surface area is 189 Å². The van der Waals surface area contributed by atoms with Gasteiger partial charge in [-0.2, -0.15) is 0 Å². The molecule has 0 fully saturated rings. The molecule has 170 valence electrons. The van der Waals surface area contributed by atoms with E-state index in [1.807, 2.05) is 45.8 Å². The molecule has 2 amide bonds. The fraction of sp³-hybridized carbons (Fsp3) is 0.652. The zero-order valence-electron chi connectivity index (χ0n) is 20.0. The van der Waals surface area contributed by atoms with Gasteiger partial charge in [-0.3, -0.25) is 9.59 Å². The zero-order valence-corrected chi connectivity index (χ0v) is 21.7. The van der Waals surface area contributed by atoms with Gasteiger partial charge in [0.25, 0.3) is 5.91 Å². The summed E-state index contributed by atoms with van der Waals surface area (Å²) < 4.78 is 6.52. The van der Waals surface area contributed by atoms with Gasteiger partial charge >= 0.3 is 0 Å². The van der Waals surface area contributed by atoms with Crippen molar-refractivity contribution in [2.75, 3.05) is 0 Å². The van der Waals surface area contributed by atoms with Gasteiger partial charge in [0.15, 0.2) is 8.32 Å². The Morgan fingerprint density at radius 1 is 1.17 bits per heavy atom. The van der Waals surface area contributed by atoms with E-state index in [1.54, 1.807) is 6.20 Å². The Balaban J connectivity index is 5.16. The summed E-state index contributed by atoms with van der Waals surface area (Å²) in [5.74, 6) is 1.05. The van der Waals surface area contributed by atoms with Gasteiger partial charge in [0, 0.05) is 5.03 Å². The van der Waals surface area contributed by atoms with E-state index in [9.17, 15) is 9.59 Å². The summed E-state index contributed by atoms with van der Waals surface area (Å²) >= 11 is 6.01. The summed E-state index contributed by atoms with van der Waals surface area (Å²) in [6, 6.07) is -0.744. The molecule has 0 heterocycles. The van der Waals surface area contributed by atoms with E-state index in [4.69, 9.17) is 22.5 Å². The molecular weight excluding hydrogens is 416 g/mol. The standard InChI is InChI=1S/C23H39ClN2O3Si/c1-11-19(27)26-20(22(3,4)5)21(28)25-16-12-13-18(15-14-17(2)24)29-30(9,10)23(6,7)8/h1,12,14,16,18,20H,13,15H2,2-10H3,(H,25,28)(H,26,27)/b16-12-,17-14+/t18-,20-/m1/s1. The second-order valence-electron chi connectivity index (χ2n) is 10.1. The number of allylic oxidation sites excluding steroid dienone is 1. The van der Waals surface area contributed by atoms with Crippen LogP contribution >= 0.6 is 11.6 Å². The van der Waals surface area contributed by atoms with E-state index in [-0.39, 0.29) is 17.0 Å². The van der Waals surface area contributed by atoms with E-state index < -0.39 is 25.7 Å². The van der Waals surface area contributed by atoms with E-state index >= 15 is 0 Å². The lowest BCUT2D eigenvalue weighted by Gasteiger charge is -2.39. The summed E-state index contributed by atoms with van der Waals surface area (Å²) in [7, 11) is -1.95. The van der Waals surface area contributed by atoms with Crippen LogP contribution in [0.1, 0.15) is 61.3 Å². The highest BCUT2D eigenvalue weighted by atomic mass is 35.5. The van der Waals surface area contributed by atoms with Crippen LogP contribution in [0.3, 0.4) is 0 Å². The number of nitrogens with one attached hydrogen (secondary N) is 2. The summed E-state index contributed by atoms with van der Waals surface area (Å²) in [4.78, 5) is 24.1. The number of carbonyl (C=O) groups is 2. The summed E-state index contributed by atoms with van der Waals surface area (Å²) in [6.45, 7) is 18.5. The first-order chi connectivity index (χ1) is 13.5. The molecule has 0 aromatic carbocycles. The predicted octanol–water partition coefficient (Wildman–Crippen LogP) is 5.09. The number of hydrogen-bond donors (Lipinski definition) is 2. The Kier molecular flexibility index (Phi) is 11.1. The third-order valence-electron chi connectivity index (χ3n) is 5.21. The topological polar surface area (TPSA) is 67.4 Å². The fourth-order valence-corrected chi connectivity index (χ4v) is 3.84. The lowest BCUT2D eigenvalue weighted by molar-refractivity contribution is -0.128. The molecule has 2 N–H and O–H groups in total. The normalized spacial score (nSPS) is 15.4.